The zero-order valence-corrected chi connectivity index (χ0v) is 23.1. The minimum absolute atomic E-state index is 0.320. The van der Waals surface area contributed by atoms with Gasteiger partial charge in [-0.25, -0.2) is 4.79 Å². The Morgan fingerprint density at radius 2 is 1.75 bits per heavy atom. The van der Waals surface area contributed by atoms with E-state index < -0.39 is 29.8 Å². The molecule has 10 nitrogen and oxygen atoms in total. The van der Waals surface area contributed by atoms with Crippen molar-refractivity contribution < 1.29 is 24.2 Å². The highest BCUT2D eigenvalue weighted by atomic mass is 16.6. The van der Waals surface area contributed by atoms with Crippen LogP contribution in [0.25, 0.3) is 11.1 Å². The van der Waals surface area contributed by atoms with Crippen LogP contribution in [0.3, 0.4) is 0 Å². The van der Waals surface area contributed by atoms with E-state index in [1.54, 1.807) is 24.4 Å². The van der Waals surface area contributed by atoms with Gasteiger partial charge in [0.1, 0.15) is 12.1 Å². The number of alkyl carbamates (subject to hydrolysis) is 1. The van der Waals surface area contributed by atoms with Gasteiger partial charge in [-0.1, -0.05) is 25.0 Å². The molecule has 0 unspecified atom stereocenters. The second kappa shape index (κ2) is 14.1. The topological polar surface area (TPSA) is 140 Å². The molecule has 0 radical (unpaired) electrons. The molecule has 3 aromatic rings. The molecular weight excluding hydrogens is 512 g/mol. The minimum atomic E-state index is -1.15. The summed E-state index contributed by atoms with van der Waals surface area (Å²) in [6.45, 7) is 5.60. The number of hydrogen-bond donors (Lipinski definition) is 3. The largest absolute Gasteiger partial charge is 0.480 e. The Labute approximate surface area is 233 Å². The van der Waals surface area contributed by atoms with E-state index in [0.29, 0.717) is 17.8 Å². The molecule has 3 rings (SSSR count). The van der Waals surface area contributed by atoms with Crippen molar-refractivity contribution in [1.29, 1.82) is 0 Å². The Morgan fingerprint density at radius 1 is 0.975 bits per heavy atom. The number of carboxylic acids is 1. The molecule has 40 heavy (non-hydrogen) atoms. The average molecular weight is 549 g/mol. The predicted molar refractivity (Wildman–Crippen MR) is 152 cm³/mol. The van der Waals surface area contributed by atoms with Crippen LogP contribution >= 0.6 is 0 Å². The van der Waals surface area contributed by atoms with Gasteiger partial charge in [0, 0.05) is 42.3 Å². The molecule has 2 heterocycles. The number of pyridine rings is 2. The Morgan fingerprint density at radius 3 is 2.50 bits per heavy atom. The molecule has 0 aliphatic heterocycles. The van der Waals surface area contributed by atoms with Gasteiger partial charge in [-0.05, 0) is 75.4 Å². The van der Waals surface area contributed by atoms with Crippen LogP contribution in [0.2, 0.25) is 0 Å². The second-order valence-electron chi connectivity index (χ2n) is 10.5. The Balaban J connectivity index is 1.52. The van der Waals surface area contributed by atoms with Gasteiger partial charge in [0.05, 0.1) is 5.69 Å². The molecule has 2 aromatic heterocycles. The number of rotatable bonds is 12. The number of hydrogen-bond acceptors (Lipinski definition) is 6. The summed E-state index contributed by atoms with van der Waals surface area (Å²) in [5.74, 6) is -1.53. The zero-order chi connectivity index (χ0) is 29.1. The molecule has 2 amide bonds. The summed E-state index contributed by atoms with van der Waals surface area (Å²) in [4.78, 5) is 51.7. The number of nitrogens with zero attached hydrogens (tertiary/aromatic N) is 2. The van der Waals surface area contributed by atoms with E-state index in [9.17, 15) is 19.2 Å². The number of aromatic nitrogens is 2. The van der Waals surface area contributed by atoms with Crippen LogP contribution < -0.4 is 16.2 Å². The van der Waals surface area contributed by atoms with Gasteiger partial charge in [0.15, 0.2) is 0 Å². The summed E-state index contributed by atoms with van der Waals surface area (Å²) in [5, 5.41) is 14.5. The standard InChI is InChI=1S/C30H36N4O6/c1-30(2,3)40-29(39)32-14-7-5-4-6-9-21-15-24(18-31-17-21)22-10-8-11-23(16-22)28(38)33-25-12-13-26(35)34(19-25)20-27(36)37/h8,10-13,15-19H,4-7,9,14,20H2,1-3H3,(H,32,39)(H,33,38)(H,36,37). The summed E-state index contributed by atoms with van der Waals surface area (Å²) in [6, 6.07) is 11.9. The molecule has 0 atom stereocenters. The normalized spacial score (nSPS) is 11.1. The molecule has 1 aromatic carbocycles. The molecule has 0 spiro atoms. The molecule has 212 valence electrons. The van der Waals surface area contributed by atoms with Gasteiger partial charge < -0.3 is 25.0 Å². The molecule has 0 saturated heterocycles. The van der Waals surface area contributed by atoms with E-state index >= 15 is 0 Å². The highest BCUT2D eigenvalue weighted by molar-refractivity contribution is 6.04. The first-order valence-electron chi connectivity index (χ1n) is 13.2. The summed E-state index contributed by atoms with van der Waals surface area (Å²) in [7, 11) is 0. The fourth-order valence-corrected chi connectivity index (χ4v) is 4.01. The second-order valence-corrected chi connectivity index (χ2v) is 10.5. The lowest BCUT2D eigenvalue weighted by Crippen LogP contribution is -2.32. The van der Waals surface area contributed by atoms with E-state index in [1.807, 2.05) is 33.0 Å². The fourth-order valence-electron chi connectivity index (χ4n) is 4.01. The van der Waals surface area contributed by atoms with Gasteiger partial charge in [-0.15, -0.1) is 0 Å². The average Bonchev–Trinajstić information content (AvgIpc) is 2.89. The number of carbonyl (C=O) groups is 3. The fraction of sp³-hybridized carbons (Fsp3) is 0.367. The molecule has 0 saturated carbocycles. The van der Waals surface area contributed by atoms with Crippen molar-refractivity contribution in [3.63, 3.8) is 0 Å². The number of anilines is 1. The number of ether oxygens (including phenoxy) is 1. The zero-order valence-electron chi connectivity index (χ0n) is 23.1. The quantitative estimate of drug-likeness (QED) is 0.274. The van der Waals surface area contributed by atoms with Crippen LogP contribution in [0.15, 0.2) is 65.8 Å². The maximum Gasteiger partial charge on any atom is 0.407 e. The summed E-state index contributed by atoms with van der Waals surface area (Å²) in [6.07, 6.45) is 9.27. The summed E-state index contributed by atoms with van der Waals surface area (Å²) < 4.78 is 6.25. The van der Waals surface area contributed by atoms with Crippen molar-refractivity contribution in [2.45, 2.75) is 65.0 Å². The predicted octanol–water partition coefficient (Wildman–Crippen LogP) is 4.87. The smallest absolute Gasteiger partial charge is 0.407 e. The number of unbranched alkanes of at least 4 members (excludes halogenated alkanes) is 3. The van der Waals surface area contributed by atoms with E-state index in [2.05, 4.69) is 21.7 Å². The van der Waals surface area contributed by atoms with Crippen molar-refractivity contribution in [1.82, 2.24) is 14.9 Å². The monoisotopic (exact) mass is 548 g/mol. The summed E-state index contributed by atoms with van der Waals surface area (Å²) in [5.41, 5.74) is 2.60. The molecular formula is C30H36N4O6. The van der Waals surface area contributed by atoms with Crippen LogP contribution in [0.4, 0.5) is 10.5 Å². The van der Waals surface area contributed by atoms with Crippen LogP contribution in [-0.4, -0.2) is 44.8 Å². The number of amides is 2. The minimum Gasteiger partial charge on any atom is -0.480 e. The number of aryl methyl sites for hydroxylation is 1. The number of benzene rings is 1. The van der Waals surface area contributed by atoms with Crippen molar-refractivity contribution in [3.05, 3.63) is 82.5 Å². The van der Waals surface area contributed by atoms with E-state index in [4.69, 9.17) is 9.84 Å². The highest BCUT2D eigenvalue weighted by Crippen LogP contribution is 2.22. The Bertz CT molecular complexity index is 1390. The SMILES string of the molecule is CC(C)(C)OC(=O)NCCCCCCc1cncc(-c2cccc(C(=O)Nc3ccc(=O)n(CC(=O)O)c3)c2)c1. The Kier molecular flexibility index (Phi) is 10.6. The molecule has 0 aliphatic carbocycles. The van der Waals surface area contributed by atoms with Crippen molar-refractivity contribution in [2.24, 2.45) is 0 Å². The molecule has 10 heteroatoms. The maximum atomic E-state index is 12.9. The maximum absolute atomic E-state index is 12.9. The summed E-state index contributed by atoms with van der Waals surface area (Å²) >= 11 is 0. The van der Waals surface area contributed by atoms with Crippen LogP contribution in [-0.2, 0) is 22.5 Å². The Hall–Kier alpha value is -4.47. The number of carbonyl (C=O) groups excluding carboxylic acids is 2. The van der Waals surface area contributed by atoms with Crippen LogP contribution in [0.5, 0.6) is 0 Å². The lowest BCUT2D eigenvalue weighted by atomic mass is 10.0. The van der Waals surface area contributed by atoms with Gasteiger partial charge in [0.2, 0.25) is 0 Å². The van der Waals surface area contributed by atoms with E-state index in [0.717, 1.165) is 53.4 Å². The van der Waals surface area contributed by atoms with Crippen molar-refractivity contribution in [2.75, 3.05) is 11.9 Å². The number of aliphatic carboxylic acids is 1. The lowest BCUT2D eigenvalue weighted by Gasteiger charge is -2.19. The first-order chi connectivity index (χ1) is 19.0. The van der Waals surface area contributed by atoms with Gasteiger partial charge >= 0.3 is 12.1 Å². The van der Waals surface area contributed by atoms with Crippen molar-refractivity contribution >= 4 is 23.7 Å². The van der Waals surface area contributed by atoms with Gasteiger partial charge in [-0.3, -0.25) is 19.4 Å². The molecule has 3 N–H and O–H groups in total. The van der Waals surface area contributed by atoms with Crippen molar-refractivity contribution in [3.8, 4) is 11.1 Å². The van der Waals surface area contributed by atoms with Gasteiger partial charge in [0.25, 0.3) is 11.5 Å². The molecule has 0 bridgehead atoms. The molecule has 0 fully saturated rings. The number of carboxylic acid groups (broad SMARTS) is 1. The van der Waals surface area contributed by atoms with E-state index in [1.165, 1.54) is 18.3 Å². The number of nitrogens with one attached hydrogen (secondary N) is 2. The lowest BCUT2D eigenvalue weighted by molar-refractivity contribution is -0.137. The van der Waals surface area contributed by atoms with E-state index in [-0.39, 0.29) is 5.91 Å². The van der Waals surface area contributed by atoms with Crippen LogP contribution in [0.1, 0.15) is 62.4 Å². The van der Waals surface area contributed by atoms with Crippen LogP contribution in [0, 0.1) is 0 Å². The highest BCUT2D eigenvalue weighted by Gasteiger charge is 2.15. The first-order valence-corrected chi connectivity index (χ1v) is 13.2. The van der Waals surface area contributed by atoms with Gasteiger partial charge in [-0.2, -0.15) is 0 Å². The first kappa shape index (κ1) is 30.1. The third-order valence-corrected chi connectivity index (χ3v) is 5.86. The third-order valence-electron chi connectivity index (χ3n) is 5.86. The molecule has 0 aliphatic rings. The third kappa shape index (κ3) is 10.0.